The smallest absolute Gasteiger partial charge is 0.108 e. The van der Waals surface area contributed by atoms with Crippen LogP contribution in [0.2, 0.25) is 0 Å². The first-order valence-electron chi connectivity index (χ1n) is 4.44. The molecular formula is C9H10N4OS. The van der Waals surface area contributed by atoms with Crippen molar-refractivity contribution in [3.05, 3.63) is 39.6 Å². The normalized spacial score (nSPS) is 9.33. The first kappa shape index (κ1) is 11.6. The molecule has 0 radical (unpaired) electrons. The van der Waals surface area contributed by atoms with Crippen molar-refractivity contribution in [1.82, 2.24) is 0 Å². The van der Waals surface area contributed by atoms with Gasteiger partial charge >= 0.3 is 0 Å². The van der Waals surface area contributed by atoms with Gasteiger partial charge in [-0.3, -0.25) is 0 Å². The molecule has 1 aromatic rings. The second-order valence-electron chi connectivity index (χ2n) is 2.74. The molecule has 15 heavy (non-hydrogen) atoms. The maximum atomic E-state index is 10.1. The summed E-state index contributed by atoms with van der Waals surface area (Å²) in [6.45, 7) is 0.525. The minimum atomic E-state index is 0.438. The zero-order valence-corrected chi connectivity index (χ0v) is 8.85. The summed E-state index contributed by atoms with van der Waals surface area (Å²) in [6.07, 6.45) is 0.850. The molecule has 0 atom stereocenters. The Kier molecular flexibility index (Phi) is 5.29. The Hall–Kier alpha value is -1.52. The van der Waals surface area contributed by atoms with Crippen LogP contribution in [0, 0.1) is 4.91 Å². The summed E-state index contributed by atoms with van der Waals surface area (Å²) in [7, 11) is 0. The third kappa shape index (κ3) is 4.49. The summed E-state index contributed by atoms with van der Waals surface area (Å²) in [5.74, 6) is 0.896. The third-order valence-electron chi connectivity index (χ3n) is 1.68. The summed E-state index contributed by atoms with van der Waals surface area (Å²) in [5.41, 5.74) is 8.49. The molecule has 0 bridgehead atoms. The van der Waals surface area contributed by atoms with Gasteiger partial charge in [0.2, 0.25) is 0 Å². The van der Waals surface area contributed by atoms with Gasteiger partial charge < -0.3 is 0 Å². The van der Waals surface area contributed by atoms with E-state index >= 15 is 0 Å². The number of thioether (sulfide) groups is 1. The largest absolute Gasteiger partial charge is 0.145 e. The zero-order valence-electron chi connectivity index (χ0n) is 8.04. The van der Waals surface area contributed by atoms with Gasteiger partial charge in [-0.2, -0.15) is 0 Å². The van der Waals surface area contributed by atoms with E-state index in [2.05, 4.69) is 15.2 Å². The fourth-order valence-electron chi connectivity index (χ4n) is 0.973. The van der Waals surface area contributed by atoms with E-state index in [0.29, 0.717) is 12.2 Å². The Morgan fingerprint density at radius 1 is 1.33 bits per heavy atom. The van der Waals surface area contributed by atoms with Crippen molar-refractivity contribution >= 4 is 17.4 Å². The van der Waals surface area contributed by atoms with E-state index in [4.69, 9.17) is 5.53 Å². The summed E-state index contributed by atoms with van der Waals surface area (Å²) in [6, 6.07) is 7.08. The van der Waals surface area contributed by atoms with Crippen molar-refractivity contribution in [1.29, 1.82) is 0 Å². The van der Waals surface area contributed by atoms with Crippen LogP contribution in [0.1, 0.15) is 6.42 Å². The van der Waals surface area contributed by atoms with Crippen molar-refractivity contribution in [3.8, 4) is 0 Å². The average molecular weight is 222 g/mol. The van der Waals surface area contributed by atoms with Gasteiger partial charge in [0, 0.05) is 16.4 Å². The van der Waals surface area contributed by atoms with Gasteiger partial charge in [-0.05, 0) is 47.1 Å². The van der Waals surface area contributed by atoms with Crippen LogP contribution in [0.5, 0.6) is 0 Å². The van der Waals surface area contributed by atoms with Crippen LogP contribution in [0.4, 0.5) is 5.69 Å². The Balaban J connectivity index is 2.31. The van der Waals surface area contributed by atoms with Crippen molar-refractivity contribution in [2.24, 2.45) is 10.3 Å². The second-order valence-corrected chi connectivity index (χ2v) is 3.91. The summed E-state index contributed by atoms with van der Waals surface area (Å²) >= 11 is 1.66. The molecule has 0 N–H and O–H groups in total. The molecule has 6 heteroatoms. The number of nitrogens with zero attached hydrogens (tertiary/aromatic N) is 4. The van der Waals surface area contributed by atoms with Crippen molar-refractivity contribution < 1.29 is 0 Å². The second kappa shape index (κ2) is 6.86. The minimum Gasteiger partial charge on any atom is -0.145 e. The van der Waals surface area contributed by atoms with Crippen LogP contribution >= 0.6 is 11.8 Å². The average Bonchev–Trinajstić information content (AvgIpc) is 2.30. The lowest BCUT2D eigenvalue weighted by Crippen LogP contribution is -1.83. The van der Waals surface area contributed by atoms with E-state index in [9.17, 15) is 4.91 Å². The van der Waals surface area contributed by atoms with Gasteiger partial charge in [-0.1, -0.05) is 5.11 Å². The maximum Gasteiger partial charge on any atom is 0.108 e. The van der Waals surface area contributed by atoms with Crippen LogP contribution < -0.4 is 0 Å². The van der Waals surface area contributed by atoms with E-state index in [1.165, 1.54) is 0 Å². The topological polar surface area (TPSA) is 78.2 Å². The number of rotatable bonds is 6. The molecule has 0 aliphatic heterocycles. The SMILES string of the molecule is [N-]=[N+]=NCCCSc1ccc(N=O)cc1. The molecule has 0 saturated carbocycles. The Labute approximate surface area is 91.5 Å². The van der Waals surface area contributed by atoms with E-state index in [0.717, 1.165) is 17.1 Å². The van der Waals surface area contributed by atoms with Gasteiger partial charge in [0.25, 0.3) is 0 Å². The highest BCUT2D eigenvalue weighted by molar-refractivity contribution is 7.99. The molecule has 0 aliphatic carbocycles. The number of nitroso groups, excluding NO2 is 1. The molecule has 1 aromatic carbocycles. The van der Waals surface area contributed by atoms with Crippen LogP contribution in [-0.4, -0.2) is 12.3 Å². The van der Waals surface area contributed by atoms with E-state index in [-0.39, 0.29) is 0 Å². The van der Waals surface area contributed by atoms with Gasteiger partial charge in [0.15, 0.2) is 0 Å². The van der Waals surface area contributed by atoms with Crippen LogP contribution in [0.25, 0.3) is 10.4 Å². The molecule has 5 nitrogen and oxygen atoms in total. The molecule has 0 heterocycles. The van der Waals surface area contributed by atoms with E-state index in [1.54, 1.807) is 23.9 Å². The summed E-state index contributed by atoms with van der Waals surface area (Å²) < 4.78 is 0. The lowest BCUT2D eigenvalue weighted by atomic mass is 10.3. The molecule has 0 unspecified atom stereocenters. The Morgan fingerprint density at radius 3 is 2.67 bits per heavy atom. The quantitative estimate of drug-likeness (QED) is 0.183. The highest BCUT2D eigenvalue weighted by atomic mass is 32.2. The number of benzene rings is 1. The zero-order chi connectivity index (χ0) is 10.9. The van der Waals surface area contributed by atoms with Crippen LogP contribution in [-0.2, 0) is 0 Å². The van der Waals surface area contributed by atoms with Gasteiger partial charge in [-0.25, -0.2) is 0 Å². The Morgan fingerprint density at radius 2 is 2.07 bits per heavy atom. The Bertz CT molecular complexity index is 359. The number of azide groups is 1. The molecule has 0 amide bonds. The molecule has 0 fully saturated rings. The minimum absolute atomic E-state index is 0.438. The highest BCUT2D eigenvalue weighted by Crippen LogP contribution is 2.21. The van der Waals surface area contributed by atoms with Crippen molar-refractivity contribution in [3.63, 3.8) is 0 Å². The molecule has 78 valence electrons. The predicted molar refractivity (Wildman–Crippen MR) is 61.3 cm³/mol. The molecule has 1 rings (SSSR count). The van der Waals surface area contributed by atoms with Gasteiger partial charge in [0.05, 0.1) is 0 Å². The molecule has 0 aromatic heterocycles. The van der Waals surface area contributed by atoms with Gasteiger partial charge in [-0.15, -0.1) is 16.7 Å². The van der Waals surface area contributed by atoms with Crippen LogP contribution in [0.3, 0.4) is 0 Å². The fraction of sp³-hybridized carbons (Fsp3) is 0.333. The molecule has 0 spiro atoms. The number of hydrogen-bond donors (Lipinski definition) is 0. The fourth-order valence-corrected chi connectivity index (χ4v) is 1.81. The van der Waals surface area contributed by atoms with Gasteiger partial charge in [0.1, 0.15) is 5.69 Å². The first-order valence-corrected chi connectivity index (χ1v) is 5.42. The molecular weight excluding hydrogens is 212 g/mol. The predicted octanol–water partition coefficient (Wildman–Crippen LogP) is 3.88. The van der Waals surface area contributed by atoms with Crippen molar-refractivity contribution in [2.75, 3.05) is 12.3 Å². The first-order chi connectivity index (χ1) is 7.36. The van der Waals surface area contributed by atoms with E-state index < -0.39 is 0 Å². The monoisotopic (exact) mass is 222 g/mol. The lowest BCUT2D eigenvalue weighted by Gasteiger charge is -1.99. The summed E-state index contributed by atoms with van der Waals surface area (Å²) in [4.78, 5) is 13.9. The summed E-state index contributed by atoms with van der Waals surface area (Å²) in [5, 5.41) is 6.26. The van der Waals surface area contributed by atoms with E-state index in [1.807, 2.05) is 12.1 Å². The maximum absolute atomic E-state index is 10.1. The standard InChI is InChI=1S/C9H10N4OS/c10-13-11-6-1-7-15-9-4-2-8(12-14)3-5-9/h2-5H,1,6-7H2. The molecule has 0 saturated heterocycles. The number of hydrogen-bond acceptors (Lipinski definition) is 4. The van der Waals surface area contributed by atoms with Crippen molar-refractivity contribution in [2.45, 2.75) is 11.3 Å². The third-order valence-corrected chi connectivity index (χ3v) is 2.77. The lowest BCUT2D eigenvalue weighted by molar-refractivity contribution is 0.932. The highest BCUT2D eigenvalue weighted by Gasteiger charge is 1.94. The van der Waals surface area contributed by atoms with Crippen LogP contribution in [0.15, 0.2) is 39.5 Å². The molecule has 0 aliphatic rings.